The minimum atomic E-state index is -1.29. The van der Waals surface area contributed by atoms with Crippen LogP contribution in [0.1, 0.15) is 37.7 Å². The van der Waals surface area contributed by atoms with Crippen LogP contribution in [0.4, 0.5) is 0 Å². The van der Waals surface area contributed by atoms with Crippen molar-refractivity contribution in [1.29, 1.82) is 0 Å². The van der Waals surface area contributed by atoms with E-state index in [1.54, 1.807) is 6.20 Å². The van der Waals surface area contributed by atoms with E-state index in [0.717, 1.165) is 10.9 Å². The number of thiol groups is 1. The van der Waals surface area contributed by atoms with Crippen molar-refractivity contribution in [3.8, 4) is 0 Å². The van der Waals surface area contributed by atoms with Crippen LogP contribution in [0, 0.1) is 0 Å². The van der Waals surface area contributed by atoms with Crippen LogP contribution in [0.15, 0.2) is 35.5 Å². The molecule has 4 unspecified atom stereocenters. The molecule has 1 aromatic carbocycles. The van der Waals surface area contributed by atoms with E-state index >= 15 is 0 Å². The summed E-state index contributed by atoms with van der Waals surface area (Å²) < 4.78 is 0. The molecule has 4 amide bonds. The molecule has 0 aliphatic rings. The van der Waals surface area contributed by atoms with Gasteiger partial charge < -0.3 is 54.3 Å². The Morgan fingerprint density at radius 2 is 1.60 bits per heavy atom. The molecule has 0 fully saturated rings. The number of hydrogen-bond acceptors (Lipinski definition) is 9. The van der Waals surface area contributed by atoms with E-state index in [4.69, 9.17) is 22.9 Å². The van der Waals surface area contributed by atoms with Gasteiger partial charge in [0, 0.05) is 35.8 Å². The Morgan fingerprint density at radius 1 is 0.911 bits per heavy atom. The van der Waals surface area contributed by atoms with Crippen molar-refractivity contribution in [3.05, 3.63) is 36.0 Å². The van der Waals surface area contributed by atoms with E-state index in [9.17, 15) is 29.1 Å². The Kier molecular flexibility index (Phi) is 15.7. The van der Waals surface area contributed by atoms with Gasteiger partial charge in [0.2, 0.25) is 23.6 Å². The number of para-hydroxylation sites is 1. The first-order chi connectivity index (χ1) is 21.5. The van der Waals surface area contributed by atoms with E-state index in [1.165, 1.54) is 0 Å². The molecule has 1 heterocycles. The SMILES string of the molecule is NCCCCC(NC(=O)CNC(=O)C(N)CCCN=C(N)N)C(=O)NC(Cc1c[nH]c2ccccc12)C(=O)NC(CS)C(=O)O. The third-order valence-electron chi connectivity index (χ3n) is 6.86. The number of aromatic amines is 1. The van der Waals surface area contributed by atoms with Crippen LogP contribution < -0.4 is 44.2 Å². The number of benzene rings is 1. The van der Waals surface area contributed by atoms with Crippen LogP contribution in [-0.4, -0.2) is 95.2 Å². The Balaban J connectivity index is 2.13. The maximum atomic E-state index is 13.5. The zero-order valence-electron chi connectivity index (χ0n) is 25.0. The molecule has 17 heteroatoms. The zero-order chi connectivity index (χ0) is 33.4. The number of aliphatic carboxylic acids is 1. The molecule has 16 nitrogen and oxygen atoms in total. The average Bonchev–Trinajstić information content (AvgIpc) is 3.42. The molecule has 0 saturated heterocycles. The highest BCUT2D eigenvalue weighted by Crippen LogP contribution is 2.19. The predicted octanol–water partition coefficient (Wildman–Crippen LogP) is -2.19. The first-order valence-electron chi connectivity index (χ1n) is 14.5. The summed E-state index contributed by atoms with van der Waals surface area (Å²) in [4.78, 5) is 70.4. The highest BCUT2D eigenvalue weighted by atomic mass is 32.1. The fraction of sp³-hybridized carbons (Fsp3) is 0.500. The van der Waals surface area contributed by atoms with Crippen molar-refractivity contribution < 1.29 is 29.1 Å². The summed E-state index contributed by atoms with van der Waals surface area (Å²) in [5.41, 5.74) is 23.6. The normalized spacial score (nSPS) is 13.6. The summed E-state index contributed by atoms with van der Waals surface area (Å²) >= 11 is 4.00. The van der Waals surface area contributed by atoms with Crippen LogP contribution in [-0.2, 0) is 30.4 Å². The standard InChI is InChI=1S/C28H44N10O6S/c29-10-4-3-9-20(36-23(39)14-35-24(40)18(30)7-5-11-33-28(31)32)25(41)37-21(26(42)38-22(15-45)27(43)44)12-16-13-34-19-8-2-1-6-17(16)19/h1-2,6,8,13,18,20-22,34,45H,3-5,7,9-12,14-15,29-30H2,(H,35,40)(H,36,39)(H,37,41)(H,38,42)(H,43,44)(H4,31,32,33). The highest BCUT2D eigenvalue weighted by molar-refractivity contribution is 7.80. The van der Waals surface area contributed by atoms with Gasteiger partial charge in [-0.1, -0.05) is 18.2 Å². The van der Waals surface area contributed by atoms with Crippen molar-refractivity contribution in [2.24, 2.45) is 27.9 Å². The smallest absolute Gasteiger partial charge is 0.327 e. The molecule has 14 N–H and O–H groups in total. The molecule has 0 aliphatic heterocycles. The average molecular weight is 649 g/mol. The minimum absolute atomic E-state index is 0.0289. The summed E-state index contributed by atoms with van der Waals surface area (Å²) in [6.07, 6.45) is 3.73. The number of hydrogen-bond donors (Lipinski definition) is 11. The first-order valence-corrected chi connectivity index (χ1v) is 15.2. The Morgan fingerprint density at radius 3 is 2.27 bits per heavy atom. The van der Waals surface area contributed by atoms with Gasteiger partial charge in [-0.2, -0.15) is 12.6 Å². The van der Waals surface area contributed by atoms with Gasteiger partial charge in [0.15, 0.2) is 5.96 Å². The lowest BCUT2D eigenvalue weighted by Gasteiger charge is -2.24. The van der Waals surface area contributed by atoms with Crippen molar-refractivity contribution in [3.63, 3.8) is 0 Å². The second kappa shape index (κ2) is 19.1. The molecule has 4 atom stereocenters. The first kappa shape index (κ1) is 36.8. The molecule has 0 aliphatic carbocycles. The fourth-order valence-corrected chi connectivity index (χ4v) is 4.66. The Labute approximate surface area is 266 Å². The number of carboxylic acids is 1. The van der Waals surface area contributed by atoms with E-state index < -0.39 is 60.3 Å². The number of carbonyl (C=O) groups is 5. The molecule has 2 aromatic rings. The largest absolute Gasteiger partial charge is 0.480 e. The van der Waals surface area contributed by atoms with Gasteiger partial charge >= 0.3 is 5.97 Å². The van der Waals surface area contributed by atoms with Crippen molar-refractivity contribution >= 4 is 59.1 Å². The minimum Gasteiger partial charge on any atom is -0.480 e. The number of carbonyl (C=O) groups excluding carboxylic acids is 4. The molecular formula is C28H44N10O6S. The third kappa shape index (κ3) is 12.7. The van der Waals surface area contributed by atoms with Crippen LogP contribution in [0.25, 0.3) is 10.9 Å². The van der Waals surface area contributed by atoms with Crippen LogP contribution in [0.5, 0.6) is 0 Å². The van der Waals surface area contributed by atoms with E-state index in [2.05, 4.69) is 43.9 Å². The lowest BCUT2D eigenvalue weighted by Crippen LogP contribution is -2.57. The molecule has 248 valence electrons. The quantitative estimate of drug-likeness (QED) is 0.0319. The van der Waals surface area contributed by atoms with Gasteiger partial charge in [-0.25, -0.2) is 4.79 Å². The lowest BCUT2D eigenvalue weighted by molar-refractivity contribution is -0.141. The summed E-state index contributed by atoms with van der Waals surface area (Å²) in [6, 6.07) is 2.93. The number of amides is 4. The summed E-state index contributed by atoms with van der Waals surface area (Å²) in [5.74, 6) is -4.13. The van der Waals surface area contributed by atoms with Crippen LogP contribution >= 0.6 is 12.6 Å². The van der Waals surface area contributed by atoms with Crippen LogP contribution in [0.2, 0.25) is 0 Å². The molecule has 0 bridgehead atoms. The van der Waals surface area contributed by atoms with Crippen molar-refractivity contribution in [1.82, 2.24) is 26.3 Å². The Hall–Kier alpha value is -4.35. The van der Waals surface area contributed by atoms with Gasteiger partial charge in [-0.15, -0.1) is 0 Å². The third-order valence-corrected chi connectivity index (χ3v) is 7.22. The summed E-state index contributed by atoms with van der Waals surface area (Å²) in [5, 5.41) is 20.4. The Bertz CT molecular complexity index is 1330. The van der Waals surface area contributed by atoms with Crippen LogP contribution in [0.3, 0.4) is 0 Å². The topological polar surface area (TPSA) is 286 Å². The van der Waals surface area contributed by atoms with Crippen molar-refractivity contribution in [2.75, 3.05) is 25.4 Å². The monoisotopic (exact) mass is 648 g/mol. The maximum absolute atomic E-state index is 13.5. The lowest BCUT2D eigenvalue weighted by atomic mass is 10.0. The fourth-order valence-electron chi connectivity index (χ4n) is 4.42. The van der Waals surface area contributed by atoms with Crippen molar-refractivity contribution in [2.45, 2.75) is 62.7 Å². The molecule has 1 aromatic heterocycles. The number of nitrogens with two attached hydrogens (primary N) is 4. The number of carboxylic acid groups (broad SMARTS) is 1. The number of nitrogens with one attached hydrogen (secondary N) is 5. The van der Waals surface area contributed by atoms with Gasteiger partial charge in [0.25, 0.3) is 0 Å². The number of rotatable bonds is 20. The number of fused-ring (bicyclic) bond motifs is 1. The molecule has 0 radical (unpaired) electrons. The second-order valence-corrected chi connectivity index (χ2v) is 10.7. The molecule has 0 spiro atoms. The van der Waals surface area contributed by atoms with Gasteiger partial charge in [-0.05, 0) is 50.3 Å². The van der Waals surface area contributed by atoms with Gasteiger partial charge in [-0.3, -0.25) is 24.2 Å². The number of aromatic nitrogens is 1. The second-order valence-electron chi connectivity index (χ2n) is 10.4. The number of aliphatic imine (C=N–C) groups is 1. The molecule has 2 rings (SSSR count). The van der Waals surface area contributed by atoms with Gasteiger partial charge in [0.1, 0.15) is 18.1 Å². The number of nitrogens with zero attached hydrogens (tertiary/aromatic N) is 1. The number of guanidine groups is 1. The molecular weight excluding hydrogens is 604 g/mol. The van der Waals surface area contributed by atoms with E-state index in [1.807, 2.05) is 24.3 Å². The highest BCUT2D eigenvalue weighted by Gasteiger charge is 2.30. The molecule has 0 saturated carbocycles. The predicted molar refractivity (Wildman–Crippen MR) is 173 cm³/mol. The zero-order valence-corrected chi connectivity index (χ0v) is 25.9. The summed E-state index contributed by atoms with van der Waals surface area (Å²) in [7, 11) is 0. The number of unbranched alkanes of at least 4 members (excludes halogenated alkanes) is 1. The van der Waals surface area contributed by atoms with E-state index in [0.29, 0.717) is 37.9 Å². The number of H-pyrrole nitrogens is 1. The maximum Gasteiger partial charge on any atom is 0.327 e. The van der Waals surface area contributed by atoms with Gasteiger partial charge in [0.05, 0.1) is 12.6 Å². The van der Waals surface area contributed by atoms with E-state index in [-0.39, 0.29) is 31.0 Å². The molecule has 45 heavy (non-hydrogen) atoms. The summed E-state index contributed by atoms with van der Waals surface area (Å²) in [6.45, 7) is 0.224.